The molecule has 1 unspecified atom stereocenters. The molecule has 0 fully saturated rings. The maximum atomic E-state index is 12.8. The zero-order valence-electron chi connectivity index (χ0n) is 7.93. The minimum Gasteiger partial charge on any atom is -0.395 e. The van der Waals surface area contributed by atoms with E-state index >= 15 is 0 Å². The smallest absolute Gasteiger partial charge is 0.141 e. The number of hydrogen-bond acceptors (Lipinski definition) is 2. The Morgan fingerprint density at radius 1 is 1.57 bits per heavy atom. The van der Waals surface area contributed by atoms with Gasteiger partial charge in [0.15, 0.2) is 0 Å². The summed E-state index contributed by atoms with van der Waals surface area (Å²) in [4.78, 5) is 0. The van der Waals surface area contributed by atoms with Crippen LogP contribution in [0, 0.1) is 5.82 Å². The summed E-state index contributed by atoms with van der Waals surface area (Å²) in [5.74, 6) is -0.411. The van der Waals surface area contributed by atoms with E-state index < -0.39 is 5.82 Å². The summed E-state index contributed by atoms with van der Waals surface area (Å²) in [5.41, 5.74) is 0.900. The monoisotopic (exact) mass is 217 g/mol. The Kier molecular flexibility index (Phi) is 4.32. The van der Waals surface area contributed by atoms with Gasteiger partial charge in [-0.15, -0.1) is 0 Å². The number of aliphatic hydroxyl groups excluding tert-OH is 1. The van der Waals surface area contributed by atoms with Crippen LogP contribution in [0.2, 0.25) is 5.02 Å². The van der Waals surface area contributed by atoms with Crippen LogP contribution in [-0.2, 0) is 6.54 Å². The van der Waals surface area contributed by atoms with Crippen LogP contribution in [0.1, 0.15) is 12.5 Å². The number of rotatable bonds is 4. The highest BCUT2D eigenvalue weighted by Gasteiger charge is 2.02. The van der Waals surface area contributed by atoms with Gasteiger partial charge in [-0.2, -0.15) is 0 Å². The van der Waals surface area contributed by atoms with E-state index in [0.29, 0.717) is 6.54 Å². The second kappa shape index (κ2) is 5.29. The van der Waals surface area contributed by atoms with Gasteiger partial charge in [0, 0.05) is 12.6 Å². The fourth-order valence-electron chi connectivity index (χ4n) is 1.01. The molecule has 4 heteroatoms. The van der Waals surface area contributed by atoms with Crippen molar-refractivity contribution in [2.75, 3.05) is 6.61 Å². The van der Waals surface area contributed by atoms with Crippen LogP contribution in [0.25, 0.3) is 0 Å². The molecular weight excluding hydrogens is 205 g/mol. The first-order chi connectivity index (χ1) is 6.63. The molecule has 1 aromatic rings. The van der Waals surface area contributed by atoms with Gasteiger partial charge in [-0.25, -0.2) is 4.39 Å². The summed E-state index contributed by atoms with van der Waals surface area (Å²) in [6.07, 6.45) is 0. The van der Waals surface area contributed by atoms with Gasteiger partial charge in [-0.05, 0) is 24.6 Å². The summed E-state index contributed by atoms with van der Waals surface area (Å²) >= 11 is 5.61. The van der Waals surface area contributed by atoms with Crippen LogP contribution < -0.4 is 5.32 Å². The third-order valence-electron chi connectivity index (χ3n) is 1.91. The van der Waals surface area contributed by atoms with E-state index in [9.17, 15) is 4.39 Å². The molecule has 14 heavy (non-hydrogen) atoms. The maximum Gasteiger partial charge on any atom is 0.141 e. The fraction of sp³-hybridized carbons (Fsp3) is 0.400. The molecule has 2 N–H and O–H groups in total. The van der Waals surface area contributed by atoms with Crippen molar-refractivity contribution < 1.29 is 9.50 Å². The van der Waals surface area contributed by atoms with Crippen molar-refractivity contribution in [2.24, 2.45) is 0 Å². The molecule has 0 radical (unpaired) electrons. The Balaban J connectivity index is 2.55. The van der Waals surface area contributed by atoms with Gasteiger partial charge in [0.2, 0.25) is 0 Å². The van der Waals surface area contributed by atoms with Gasteiger partial charge in [-0.1, -0.05) is 17.7 Å². The van der Waals surface area contributed by atoms with E-state index in [1.54, 1.807) is 12.1 Å². The summed E-state index contributed by atoms with van der Waals surface area (Å²) in [5, 5.41) is 12.0. The molecule has 0 heterocycles. The van der Waals surface area contributed by atoms with Gasteiger partial charge >= 0.3 is 0 Å². The normalized spacial score (nSPS) is 12.9. The first-order valence-electron chi connectivity index (χ1n) is 4.41. The number of benzene rings is 1. The molecule has 2 nitrogen and oxygen atoms in total. The summed E-state index contributed by atoms with van der Waals surface area (Å²) in [6.45, 7) is 2.52. The van der Waals surface area contributed by atoms with Crippen LogP contribution in [0.5, 0.6) is 0 Å². The van der Waals surface area contributed by atoms with Crippen molar-refractivity contribution in [3.05, 3.63) is 34.6 Å². The first kappa shape index (κ1) is 11.4. The van der Waals surface area contributed by atoms with E-state index in [0.717, 1.165) is 5.56 Å². The van der Waals surface area contributed by atoms with Gasteiger partial charge in [0.05, 0.1) is 11.6 Å². The number of hydrogen-bond donors (Lipinski definition) is 2. The zero-order chi connectivity index (χ0) is 10.6. The lowest BCUT2D eigenvalue weighted by molar-refractivity contribution is 0.251. The number of nitrogens with one attached hydrogen (secondary N) is 1. The van der Waals surface area contributed by atoms with Crippen molar-refractivity contribution in [1.29, 1.82) is 0 Å². The lowest BCUT2D eigenvalue weighted by Gasteiger charge is -2.10. The largest absolute Gasteiger partial charge is 0.395 e. The first-order valence-corrected chi connectivity index (χ1v) is 4.79. The van der Waals surface area contributed by atoms with Crippen LogP contribution in [0.4, 0.5) is 4.39 Å². The minimum atomic E-state index is -0.411. The Morgan fingerprint density at radius 3 is 2.86 bits per heavy atom. The number of aliphatic hydroxyl groups is 1. The van der Waals surface area contributed by atoms with E-state index in [-0.39, 0.29) is 17.7 Å². The second-order valence-electron chi connectivity index (χ2n) is 3.21. The van der Waals surface area contributed by atoms with Crippen LogP contribution in [0.15, 0.2) is 18.2 Å². The summed E-state index contributed by atoms with van der Waals surface area (Å²) in [6, 6.07) is 4.61. The van der Waals surface area contributed by atoms with E-state index in [1.165, 1.54) is 6.07 Å². The molecule has 0 saturated carbocycles. The molecule has 0 saturated heterocycles. The molecule has 0 aliphatic heterocycles. The van der Waals surface area contributed by atoms with Crippen molar-refractivity contribution in [3.63, 3.8) is 0 Å². The Labute approximate surface area is 87.7 Å². The van der Waals surface area contributed by atoms with Gasteiger partial charge in [-0.3, -0.25) is 0 Å². The third-order valence-corrected chi connectivity index (χ3v) is 2.20. The average molecular weight is 218 g/mol. The van der Waals surface area contributed by atoms with E-state index in [2.05, 4.69) is 5.32 Å². The standard InChI is InChI=1S/C10H13ClFNO/c1-7(6-14)13-5-8-2-3-10(12)9(11)4-8/h2-4,7,13-14H,5-6H2,1H3. The van der Waals surface area contributed by atoms with E-state index in [1.807, 2.05) is 6.92 Å². The SMILES string of the molecule is CC(CO)NCc1ccc(F)c(Cl)c1. The van der Waals surface area contributed by atoms with Gasteiger partial charge in [0.25, 0.3) is 0 Å². The summed E-state index contributed by atoms with van der Waals surface area (Å²) < 4.78 is 12.8. The van der Waals surface area contributed by atoms with Crippen LogP contribution in [-0.4, -0.2) is 17.8 Å². The maximum absolute atomic E-state index is 12.8. The van der Waals surface area contributed by atoms with Crippen molar-refractivity contribution in [2.45, 2.75) is 19.5 Å². The molecule has 0 aromatic heterocycles. The molecule has 1 aromatic carbocycles. The average Bonchev–Trinajstić information content (AvgIpc) is 2.19. The van der Waals surface area contributed by atoms with Crippen molar-refractivity contribution >= 4 is 11.6 Å². The summed E-state index contributed by atoms with van der Waals surface area (Å²) in [7, 11) is 0. The van der Waals surface area contributed by atoms with Gasteiger partial charge < -0.3 is 10.4 Å². The molecule has 0 spiro atoms. The third kappa shape index (κ3) is 3.25. The molecule has 0 bridgehead atoms. The molecule has 0 aliphatic carbocycles. The van der Waals surface area contributed by atoms with Gasteiger partial charge in [0.1, 0.15) is 5.82 Å². The van der Waals surface area contributed by atoms with Crippen LogP contribution >= 0.6 is 11.6 Å². The lowest BCUT2D eigenvalue weighted by Crippen LogP contribution is -2.28. The topological polar surface area (TPSA) is 32.3 Å². The van der Waals surface area contributed by atoms with Crippen LogP contribution in [0.3, 0.4) is 0 Å². The predicted octanol–water partition coefficient (Wildman–Crippen LogP) is 1.95. The Bertz CT molecular complexity index is 306. The minimum absolute atomic E-state index is 0.0267. The number of halogens is 2. The predicted molar refractivity (Wildman–Crippen MR) is 54.8 cm³/mol. The fourth-order valence-corrected chi connectivity index (χ4v) is 1.21. The van der Waals surface area contributed by atoms with Crippen molar-refractivity contribution in [3.8, 4) is 0 Å². The second-order valence-corrected chi connectivity index (χ2v) is 3.62. The highest BCUT2D eigenvalue weighted by molar-refractivity contribution is 6.30. The lowest BCUT2D eigenvalue weighted by atomic mass is 10.2. The Morgan fingerprint density at radius 2 is 2.29 bits per heavy atom. The molecule has 0 amide bonds. The molecule has 1 atom stereocenters. The highest BCUT2D eigenvalue weighted by atomic mass is 35.5. The molecule has 0 aliphatic rings. The molecular formula is C10H13ClFNO. The quantitative estimate of drug-likeness (QED) is 0.808. The zero-order valence-corrected chi connectivity index (χ0v) is 8.68. The van der Waals surface area contributed by atoms with E-state index in [4.69, 9.17) is 16.7 Å². The highest BCUT2D eigenvalue weighted by Crippen LogP contribution is 2.15. The Hall–Kier alpha value is -0.640. The molecule has 1 rings (SSSR count). The van der Waals surface area contributed by atoms with Crippen molar-refractivity contribution in [1.82, 2.24) is 5.32 Å². The molecule has 78 valence electrons.